The second-order valence-corrected chi connectivity index (χ2v) is 3.89. The summed E-state index contributed by atoms with van der Waals surface area (Å²) >= 11 is 0. The van der Waals surface area contributed by atoms with Crippen molar-refractivity contribution in [3.05, 3.63) is 0 Å². The van der Waals surface area contributed by atoms with Crippen molar-refractivity contribution >= 4 is 5.97 Å². The summed E-state index contributed by atoms with van der Waals surface area (Å²) in [7, 11) is 3.11. The number of rotatable bonds is 6. The van der Waals surface area contributed by atoms with Crippen molar-refractivity contribution in [3.63, 3.8) is 0 Å². The molecule has 5 nitrogen and oxygen atoms in total. The van der Waals surface area contributed by atoms with Crippen LogP contribution in [0.5, 0.6) is 0 Å². The Balaban J connectivity index is 4.58. The summed E-state index contributed by atoms with van der Waals surface area (Å²) in [6.07, 6.45) is 0. The number of hydrogen-bond donors (Lipinski definition) is 2. The molecule has 14 heavy (non-hydrogen) atoms. The van der Waals surface area contributed by atoms with E-state index in [2.05, 4.69) is 0 Å². The number of aliphatic hydroxyl groups excluding tert-OH is 1. The minimum Gasteiger partial charge on any atom is -0.480 e. The molecule has 0 aliphatic carbocycles. The van der Waals surface area contributed by atoms with Gasteiger partial charge in [0.2, 0.25) is 0 Å². The first-order chi connectivity index (χ1) is 6.36. The molecule has 84 valence electrons. The van der Waals surface area contributed by atoms with E-state index in [1.54, 1.807) is 25.8 Å². The second-order valence-electron chi connectivity index (χ2n) is 3.89. The normalized spacial score (nSPS) is 14.4. The third-order valence-corrected chi connectivity index (χ3v) is 2.42. The van der Waals surface area contributed by atoms with E-state index in [9.17, 15) is 4.79 Å². The summed E-state index contributed by atoms with van der Waals surface area (Å²) in [6.45, 7) is 3.56. The molecule has 1 atom stereocenters. The summed E-state index contributed by atoms with van der Waals surface area (Å²) in [5.74, 6) is -0.948. The standard InChI is InChI=1S/C9H19NO4/c1-9(2,6-11)10(3)7(5-14-4)8(12)13/h7,11H,5-6H2,1-4H3,(H,12,13). The Morgan fingerprint density at radius 2 is 2.07 bits per heavy atom. The van der Waals surface area contributed by atoms with E-state index in [1.807, 2.05) is 0 Å². The van der Waals surface area contributed by atoms with Crippen LogP contribution in [0.25, 0.3) is 0 Å². The predicted octanol–water partition coefficient (Wildman–Crippen LogP) is -0.211. The maximum absolute atomic E-state index is 10.9. The first kappa shape index (κ1) is 13.4. The Hall–Kier alpha value is -0.650. The summed E-state index contributed by atoms with van der Waals surface area (Å²) in [5.41, 5.74) is -0.568. The van der Waals surface area contributed by atoms with Gasteiger partial charge in [-0.2, -0.15) is 0 Å². The lowest BCUT2D eigenvalue weighted by Crippen LogP contribution is -2.54. The Morgan fingerprint density at radius 1 is 1.57 bits per heavy atom. The van der Waals surface area contributed by atoms with Crippen LogP contribution in [-0.4, -0.2) is 60.0 Å². The van der Waals surface area contributed by atoms with Crippen molar-refractivity contribution in [2.45, 2.75) is 25.4 Å². The summed E-state index contributed by atoms with van der Waals surface area (Å²) in [4.78, 5) is 12.5. The van der Waals surface area contributed by atoms with Crippen molar-refractivity contribution in [3.8, 4) is 0 Å². The minimum absolute atomic E-state index is 0.100. The molecule has 0 amide bonds. The molecule has 0 heterocycles. The second kappa shape index (κ2) is 5.29. The molecule has 0 aliphatic rings. The van der Waals surface area contributed by atoms with Crippen LogP contribution in [0.2, 0.25) is 0 Å². The number of carbonyl (C=O) groups is 1. The summed E-state index contributed by atoms with van der Waals surface area (Å²) in [6, 6.07) is -0.734. The van der Waals surface area contributed by atoms with E-state index < -0.39 is 17.6 Å². The summed E-state index contributed by atoms with van der Waals surface area (Å²) in [5, 5.41) is 18.0. The predicted molar refractivity (Wildman–Crippen MR) is 52.2 cm³/mol. The van der Waals surface area contributed by atoms with E-state index in [0.717, 1.165) is 0 Å². The molecule has 0 aromatic carbocycles. The lowest BCUT2D eigenvalue weighted by molar-refractivity contribution is -0.148. The van der Waals surface area contributed by atoms with Crippen molar-refractivity contribution in [1.82, 2.24) is 4.90 Å². The smallest absolute Gasteiger partial charge is 0.323 e. The maximum atomic E-state index is 10.9. The van der Waals surface area contributed by atoms with Crippen molar-refractivity contribution in [2.75, 3.05) is 27.4 Å². The van der Waals surface area contributed by atoms with Gasteiger partial charge in [-0.15, -0.1) is 0 Å². The van der Waals surface area contributed by atoms with Crippen molar-refractivity contribution in [2.24, 2.45) is 0 Å². The topological polar surface area (TPSA) is 70.0 Å². The molecule has 0 spiro atoms. The van der Waals surface area contributed by atoms with Gasteiger partial charge >= 0.3 is 5.97 Å². The quantitative estimate of drug-likeness (QED) is 0.628. The zero-order valence-electron chi connectivity index (χ0n) is 9.15. The van der Waals surface area contributed by atoms with Gasteiger partial charge in [0.15, 0.2) is 0 Å². The maximum Gasteiger partial charge on any atom is 0.323 e. The molecule has 0 saturated heterocycles. The monoisotopic (exact) mass is 205 g/mol. The van der Waals surface area contributed by atoms with Gasteiger partial charge in [-0.3, -0.25) is 9.69 Å². The highest BCUT2D eigenvalue weighted by Gasteiger charge is 2.33. The fourth-order valence-corrected chi connectivity index (χ4v) is 1.04. The number of methoxy groups -OCH3 is 1. The zero-order valence-corrected chi connectivity index (χ0v) is 9.15. The van der Waals surface area contributed by atoms with Crippen LogP contribution in [0.15, 0.2) is 0 Å². The number of likely N-dealkylation sites (N-methyl/N-ethyl adjacent to an activating group) is 1. The molecule has 2 N–H and O–H groups in total. The highest BCUT2D eigenvalue weighted by molar-refractivity contribution is 5.73. The van der Waals surface area contributed by atoms with Crippen LogP contribution < -0.4 is 0 Å². The van der Waals surface area contributed by atoms with Gasteiger partial charge in [0.05, 0.1) is 13.2 Å². The van der Waals surface area contributed by atoms with Crippen LogP contribution >= 0.6 is 0 Å². The molecular weight excluding hydrogens is 186 g/mol. The lowest BCUT2D eigenvalue weighted by atomic mass is 10.0. The van der Waals surface area contributed by atoms with Crippen LogP contribution in [-0.2, 0) is 9.53 Å². The number of carboxylic acid groups (broad SMARTS) is 1. The number of nitrogens with zero attached hydrogens (tertiary/aromatic N) is 1. The van der Waals surface area contributed by atoms with Crippen LogP contribution in [0.3, 0.4) is 0 Å². The summed E-state index contributed by atoms with van der Waals surface area (Å²) < 4.78 is 4.82. The lowest BCUT2D eigenvalue weighted by Gasteiger charge is -2.37. The largest absolute Gasteiger partial charge is 0.480 e. The molecular formula is C9H19NO4. The Labute approximate surface area is 84.3 Å². The fourth-order valence-electron chi connectivity index (χ4n) is 1.04. The molecule has 0 aromatic rings. The third-order valence-electron chi connectivity index (χ3n) is 2.42. The molecule has 0 saturated carbocycles. The molecule has 5 heteroatoms. The van der Waals surface area contributed by atoms with Crippen LogP contribution in [0.4, 0.5) is 0 Å². The molecule has 1 unspecified atom stereocenters. The average Bonchev–Trinajstić information content (AvgIpc) is 2.12. The van der Waals surface area contributed by atoms with E-state index >= 15 is 0 Å². The van der Waals surface area contributed by atoms with E-state index in [4.69, 9.17) is 14.9 Å². The minimum atomic E-state index is -0.948. The van der Waals surface area contributed by atoms with Gasteiger partial charge in [-0.25, -0.2) is 0 Å². The van der Waals surface area contributed by atoms with Gasteiger partial charge < -0.3 is 14.9 Å². The van der Waals surface area contributed by atoms with Gasteiger partial charge in [-0.05, 0) is 20.9 Å². The first-order valence-corrected chi connectivity index (χ1v) is 4.42. The van der Waals surface area contributed by atoms with Crippen molar-refractivity contribution < 1.29 is 19.7 Å². The Kier molecular flexibility index (Phi) is 5.04. The van der Waals surface area contributed by atoms with E-state index in [0.29, 0.717) is 0 Å². The van der Waals surface area contributed by atoms with Crippen LogP contribution in [0.1, 0.15) is 13.8 Å². The number of hydrogen-bond acceptors (Lipinski definition) is 4. The highest BCUT2D eigenvalue weighted by Crippen LogP contribution is 2.15. The molecule has 0 fully saturated rings. The molecule has 0 radical (unpaired) electrons. The number of ether oxygens (including phenoxy) is 1. The van der Waals surface area contributed by atoms with Gasteiger partial charge in [-0.1, -0.05) is 0 Å². The number of aliphatic hydroxyl groups is 1. The first-order valence-electron chi connectivity index (χ1n) is 4.42. The molecule has 0 aromatic heterocycles. The van der Waals surface area contributed by atoms with E-state index in [-0.39, 0.29) is 13.2 Å². The Morgan fingerprint density at radius 3 is 2.36 bits per heavy atom. The average molecular weight is 205 g/mol. The number of carboxylic acids is 1. The van der Waals surface area contributed by atoms with E-state index in [1.165, 1.54) is 7.11 Å². The molecule has 0 rings (SSSR count). The van der Waals surface area contributed by atoms with Gasteiger partial charge in [0, 0.05) is 12.6 Å². The Bertz CT molecular complexity index is 193. The zero-order chi connectivity index (χ0) is 11.4. The SMILES string of the molecule is COCC(C(=O)O)N(C)C(C)(C)CO. The fraction of sp³-hybridized carbons (Fsp3) is 0.889. The molecule has 0 aliphatic heterocycles. The molecule has 0 bridgehead atoms. The van der Waals surface area contributed by atoms with Crippen LogP contribution in [0, 0.1) is 0 Å². The third kappa shape index (κ3) is 3.25. The number of aliphatic carboxylic acids is 1. The van der Waals surface area contributed by atoms with Gasteiger partial charge in [0.25, 0.3) is 0 Å². The van der Waals surface area contributed by atoms with Crippen molar-refractivity contribution in [1.29, 1.82) is 0 Å². The highest BCUT2D eigenvalue weighted by atomic mass is 16.5. The van der Waals surface area contributed by atoms with Gasteiger partial charge in [0.1, 0.15) is 6.04 Å².